The molecule has 3 rings (SSSR count). The fourth-order valence-corrected chi connectivity index (χ4v) is 6.40. The van der Waals surface area contributed by atoms with Crippen LogP contribution in [-0.2, 0) is 9.53 Å². The molecule has 2 saturated carbocycles. The molecule has 0 amide bonds. The van der Waals surface area contributed by atoms with E-state index in [-0.39, 0.29) is 28.3 Å². The molecular formula is C19H34N2O2. The van der Waals surface area contributed by atoms with Crippen molar-refractivity contribution in [2.24, 2.45) is 28.4 Å². The third kappa shape index (κ3) is 2.07. The minimum absolute atomic E-state index is 0.0773. The molecule has 3 aliphatic rings. The number of hydrogen-bond donors (Lipinski definition) is 1. The molecule has 0 aromatic heterocycles. The summed E-state index contributed by atoms with van der Waals surface area (Å²) >= 11 is 0. The summed E-state index contributed by atoms with van der Waals surface area (Å²) in [6.45, 7) is 12.2. The van der Waals surface area contributed by atoms with Crippen LogP contribution in [0, 0.1) is 22.7 Å². The number of nitrogens with zero attached hydrogens (tertiary/aromatic N) is 1. The van der Waals surface area contributed by atoms with Gasteiger partial charge in [-0.2, -0.15) is 0 Å². The van der Waals surface area contributed by atoms with Crippen LogP contribution in [0.3, 0.4) is 0 Å². The first kappa shape index (κ1) is 17.2. The Morgan fingerprint density at radius 1 is 1.30 bits per heavy atom. The second kappa shape index (κ2) is 5.73. The first-order valence-corrected chi connectivity index (χ1v) is 9.47. The summed E-state index contributed by atoms with van der Waals surface area (Å²) in [5, 5.41) is 0. The third-order valence-electron chi connectivity index (χ3n) is 8.00. The molecule has 4 atom stereocenters. The fourth-order valence-electron chi connectivity index (χ4n) is 6.40. The average Bonchev–Trinajstić information content (AvgIpc) is 3.14. The number of carbonyl (C=O) groups is 1. The van der Waals surface area contributed by atoms with Gasteiger partial charge in [0.2, 0.25) is 0 Å². The minimum Gasteiger partial charge on any atom is -0.466 e. The van der Waals surface area contributed by atoms with Crippen molar-refractivity contribution in [3.63, 3.8) is 0 Å². The lowest BCUT2D eigenvalue weighted by Crippen LogP contribution is -2.65. The maximum atomic E-state index is 12.8. The summed E-state index contributed by atoms with van der Waals surface area (Å²) in [7, 11) is 0. The third-order valence-corrected chi connectivity index (χ3v) is 8.00. The Labute approximate surface area is 141 Å². The molecule has 0 aromatic carbocycles. The van der Waals surface area contributed by atoms with E-state index in [0.29, 0.717) is 19.1 Å². The molecule has 132 valence electrons. The number of esters is 1. The monoisotopic (exact) mass is 322 g/mol. The quantitative estimate of drug-likeness (QED) is 0.791. The largest absolute Gasteiger partial charge is 0.466 e. The zero-order valence-corrected chi connectivity index (χ0v) is 15.4. The van der Waals surface area contributed by atoms with Gasteiger partial charge < -0.3 is 10.5 Å². The van der Waals surface area contributed by atoms with Crippen molar-refractivity contribution in [3.8, 4) is 0 Å². The van der Waals surface area contributed by atoms with Crippen LogP contribution in [0.25, 0.3) is 0 Å². The number of rotatable bonds is 5. The van der Waals surface area contributed by atoms with Gasteiger partial charge in [-0.3, -0.25) is 9.69 Å². The second-order valence-electron chi connectivity index (χ2n) is 8.65. The molecule has 0 unspecified atom stereocenters. The second-order valence-corrected chi connectivity index (χ2v) is 8.65. The van der Waals surface area contributed by atoms with Crippen LogP contribution < -0.4 is 5.73 Å². The van der Waals surface area contributed by atoms with Gasteiger partial charge in [-0.05, 0) is 68.9 Å². The van der Waals surface area contributed by atoms with Gasteiger partial charge in [-0.15, -0.1) is 0 Å². The zero-order valence-electron chi connectivity index (χ0n) is 15.4. The van der Waals surface area contributed by atoms with Crippen LogP contribution in [0.1, 0.15) is 59.8 Å². The van der Waals surface area contributed by atoms with E-state index in [1.165, 1.54) is 25.7 Å². The number of hydrogen-bond acceptors (Lipinski definition) is 4. The van der Waals surface area contributed by atoms with Gasteiger partial charge in [0.05, 0.1) is 12.5 Å². The Morgan fingerprint density at radius 2 is 1.96 bits per heavy atom. The summed E-state index contributed by atoms with van der Waals surface area (Å²) in [6, 6.07) is 0. The highest BCUT2D eigenvalue weighted by molar-refractivity contribution is 5.75. The Hall–Kier alpha value is -0.610. The summed E-state index contributed by atoms with van der Waals surface area (Å²) < 4.78 is 5.47. The van der Waals surface area contributed by atoms with Crippen molar-refractivity contribution < 1.29 is 9.53 Å². The van der Waals surface area contributed by atoms with Crippen molar-refractivity contribution >= 4 is 5.97 Å². The molecule has 2 bridgehead atoms. The molecule has 1 heterocycles. The zero-order chi connectivity index (χ0) is 16.9. The van der Waals surface area contributed by atoms with Crippen LogP contribution in [0.2, 0.25) is 0 Å². The van der Waals surface area contributed by atoms with E-state index >= 15 is 0 Å². The van der Waals surface area contributed by atoms with Gasteiger partial charge in [0.15, 0.2) is 0 Å². The highest BCUT2D eigenvalue weighted by atomic mass is 16.5. The first-order chi connectivity index (χ1) is 10.8. The van der Waals surface area contributed by atoms with Crippen molar-refractivity contribution in [1.29, 1.82) is 0 Å². The van der Waals surface area contributed by atoms with Crippen molar-refractivity contribution in [2.75, 3.05) is 26.2 Å². The van der Waals surface area contributed by atoms with Crippen LogP contribution in [0.4, 0.5) is 0 Å². The van der Waals surface area contributed by atoms with E-state index in [1.54, 1.807) is 0 Å². The molecule has 1 aliphatic heterocycles. The van der Waals surface area contributed by atoms with Crippen LogP contribution in [-0.4, -0.2) is 42.6 Å². The molecule has 3 fully saturated rings. The predicted octanol–water partition coefficient (Wildman–Crippen LogP) is 2.81. The van der Waals surface area contributed by atoms with Crippen molar-refractivity contribution in [1.82, 2.24) is 4.90 Å². The molecular weight excluding hydrogens is 288 g/mol. The molecule has 4 heteroatoms. The van der Waals surface area contributed by atoms with E-state index in [9.17, 15) is 4.79 Å². The van der Waals surface area contributed by atoms with Crippen molar-refractivity contribution in [3.05, 3.63) is 0 Å². The van der Waals surface area contributed by atoms with Gasteiger partial charge in [-0.1, -0.05) is 20.8 Å². The summed E-state index contributed by atoms with van der Waals surface area (Å²) in [6.07, 6.45) is 6.08. The lowest BCUT2D eigenvalue weighted by atomic mass is 9.57. The smallest absolute Gasteiger partial charge is 0.312 e. The van der Waals surface area contributed by atoms with Gasteiger partial charge >= 0.3 is 5.97 Å². The molecule has 4 nitrogen and oxygen atoms in total. The molecule has 0 spiro atoms. The lowest BCUT2D eigenvalue weighted by molar-refractivity contribution is -0.161. The molecule has 0 aromatic rings. The number of ether oxygens (including phenoxy) is 1. The molecule has 1 saturated heterocycles. The van der Waals surface area contributed by atoms with E-state index in [4.69, 9.17) is 10.5 Å². The standard InChI is InChI=1S/C19H34N2O2/c1-5-23-16(22)15(13-20)19(21-10-6-7-11-21)12-14-8-9-18(19,4)17(14,2)3/h14-15H,5-13,20H2,1-4H3/t14-,15+,18+,19+/m1/s1. The van der Waals surface area contributed by atoms with E-state index in [1.807, 2.05) is 6.92 Å². The normalized spacial score (nSPS) is 40.5. The van der Waals surface area contributed by atoms with Gasteiger partial charge in [0.1, 0.15) is 0 Å². The molecule has 2 N–H and O–H groups in total. The highest BCUT2D eigenvalue weighted by Gasteiger charge is 2.73. The molecule has 23 heavy (non-hydrogen) atoms. The minimum atomic E-state index is -0.199. The number of likely N-dealkylation sites (tertiary alicyclic amines) is 1. The van der Waals surface area contributed by atoms with Gasteiger partial charge in [0.25, 0.3) is 0 Å². The Kier molecular flexibility index (Phi) is 4.29. The SMILES string of the molecule is CCOC(=O)[C@H](CN)[C@@]1(N2CCCC2)C[C@H]2CC[C@@]1(C)C2(C)C. The maximum absolute atomic E-state index is 12.8. The first-order valence-electron chi connectivity index (χ1n) is 9.47. The lowest BCUT2D eigenvalue weighted by Gasteiger charge is -2.56. The van der Waals surface area contributed by atoms with Crippen LogP contribution >= 0.6 is 0 Å². The molecule has 0 radical (unpaired) electrons. The van der Waals surface area contributed by atoms with Crippen LogP contribution in [0.5, 0.6) is 0 Å². The van der Waals surface area contributed by atoms with E-state index in [0.717, 1.165) is 19.5 Å². The fraction of sp³-hybridized carbons (Fsp3) is 0.947. The van der Waals surface area contributed by atoms with E-state index in [2.05, 4.69) is 25.7 Å². The Balaban J connectivity index is 2.08. The molecule has 2 aliphatic carbocycles. The van der Waals surface area contributed by atoms with Crippen LogP contribution in [0.15, 0.2) is 0 Å². The van der Waals surface area contributed by atoms with Gasteiger partial charge in [-0.25, -0.2) is 0 Å². The number of fused-ring (bicyclic) bond motifs is 2. The van der Waals surface area contributed by atoms with Crippen molar-refractivity contribution in [2.45, 2.75) is 65.3 Å². The van der Waals surface area contributed by atoms with Gasteiger partial charge in [0, 0.05) is 12.1 Å². The predicted molar refractivity (Wildman–Crippen MR) is 91.9 cm³/mol. The highest BCUT2D eigenvalue weighted by Crippen LogP contribution is 2.73. The summed E-state index contributed by atoms with van der Waals surface area (Å²) in [4.78, 5) is 15.5. The topological polar surface area (TPSA) is 55.6 Å². The Morgan fingerprint density at radius 3 is 2.39 bits per heavy atom. The van der Waals surface area contributed by atoms with E-state index < -0.39 is 0 Å². The number of nitrogens with two attached hydrogens (primary N) is 1. The Bertz CT molecular complexity index is 472. The summed E-state index contributed by atoms with van der Waals surface area (Å²) in [5.74, 6) is 0.415. The number of carbonyl (C=O) groups excluding carboxylic acids is 1. The maximum Gasteiger partial charge on any atom is 0.312 e. The summed E-state index contributed by atoms with van der Waals surface area (Å²) in [5.41, 5.74) is 6.46. The average molecular weight is 322 g/mol.